The Bertz CT molecular complexity index is 1320. The highest BCUT2D eigenvalue weighted by atomic mass is 19.1. The minimum Gasteiger partial charge on any atom is -0.302 e. The van der Waals surface area contributed by atoms with Crippen molar-refractivity contribution >= 4 is 11.8 Å². The van der Waals surface area contributed by atoms with Crippen molar-refractivity contribution in [3.63, 3.8) is 0 Å². The van der Waals surface area contributed by atoms with Crippen molar-refractivity contribution in [1.82, 2.24) is 15.1 Å². The minimum absolute atomic E-state index is 0.273. The number of aromatic nitrogens is 2. The van der Waals surface area contributed by atoms with Crippen LogP contribution in [0.4, 0.5) is 14.5 Å². The Morgan fingerprint density at radius 2 is 2.03 bits per heavy atom. The second kappa shape index (κ2) is 7.42. The lowest BCUT2D eigenvalue weighted by Gasteiger charge is -2.26. The molecule has 0 aliphatic carbocycles. The van der Waals surface area contributed by atoms with E-state index in [0.29, 0.717) is 51.9 Å². The molecular formula is C24H23F2N5. The Kier molecular flexibility index (Phi) is 4.70. The van der Waals surface area contributed by atoms with Crippen molar-refractivity contribution < 1.29 is 8.78 Å². The number of anilines is 1. The van der Waals surface area contributed by atoms with E-state index in [-0.39, 0.29) is 11.6 Å². The van der Waals surface area contributed by atoms with Gasteiger partial charge in [-0.15, -0.1) is 0 Å². The molecule has 0 saturated heterocycles. The van der Waals surface area contributed by atoms with E-state index < -0.39 is 0 Å². The summed E-state index contributed by atoms with van der Waals surface area (Å²) in [5, 5.41) is 14.5. The summed E-state index contributed by atoms with van der Waals surface area (Å²) in [5.74, 6) is -0.654. The van der Waals surface area contributed by atoms with Crippen LogP contribution in [-0.4, -0.2) is 28.7 Å². The third-order valence-electron chi connectivity index (χ3n) is 6.00. The molecule has 0 fully saturated rings. The van der Waals surface area contributed by atoms with E-state index in [2.05, 4.69) is 26.8 Å². The fourth-order valence-electron chi connectivity index (χ4n) is 4.32. The van der Waals surface area contributed by atoms with Crippen LogP contribution in [-0.2, 0) is 19.4 Å². The van der Waals surface area contributed by atoms with Crippen LogP contribution in [0.2, 0.25) is 0 Å². The van der Waals surface area contributed by atoms with E-state index >= 15 is 4.39 Å². The van der Waals surface area contributed by atoms with Gasteiger partial charge in [0.25, 0.3) is 0 Å². The van der Waals surface area contributed by atoms with Crippen LogP contribution in [0.5, 0.6) is 0 Å². The van der Waals surface area contributed by atoms with E-state index in [1.165, 1.54) is 11.1 Å². The van der Waals surface area contributed by atoms with Gasteiger partial charge in [0, 0.05) is 24.2 Å². The lowest BCUT2D eigenvalue weighted by Crippen LogP contribution is -2.35. The normalized spacial score (nSPS) is 15.9. The van der Waals surface area contributed by atoms with Crippen molar-refractivity contribution in [2.75, 3.05) is 18.6 Å². The van der Waals surface area contributed by atoms with Crippen molar-refractivity contribution in [3.05, 3.63) is 81.6 Å². The van der Waals surface area contributed by atoms with E-state index in [0.717, 1.165) is 24.1 Å². The monoisotopic (exact) mass is 419 g/mol. The number of likely N-dealkylation sites (N-methyl/N-ethyl adjacent to an activating group) is 1. The maximum Gasteiger partial charge on any atom is 0.149 e. The van der Waals surface area contributed by atoms with Gasteiger partial charge >= 0.3 is 0 Å². The largest absolute Gasteiger partial charge is 0.302 e. The van der Waals surface area contributed by atoms with E-state index in [1.54, 1.807) is 18.2 Å². The summed E-state index contributed by atoms with van der Waals surface area (Å²) in [6.45, 7) is 7.47. The molecule has 2 aromatic carbocycles. The molecule has 0 bridgehead atoms. The van der Waals surface area contributed by atoms with Crippen molar-refractivity contribution in [2.45, 2.75) is 26.3 Å². The number of fused-ring (bicyclic) bond motifs is 2. The topological polar surface area (TPSA) is 47.5 Å². The summed E-state index contributed by atoms with van der Waals surface area (Å²) in [5.41, 5.74) is 4.21. The predicted molar refractivity (Wildman–Crippen MR) is 117 cm³/mol. The van der Waals surface area contributed by atoms with Crippen LogP contribution in [0.3, 0.4) is 0 Å². The maximum absolute atomic E-state index is 15.5. The van der Waals surface area contributed by atoms with Gasteiger partial charge in [0.2, 0.25) is 0 Å². The molecule has 158 valence electrons. The zero-order chi connectivity index (χ0) is 21.7. The molecule has 0 spiro atoms. The number of aryl methyl sites for hydroxylation is 1. The Morgan fingerprint density at radius 1 is 1.19 bits per heavy atom. The van der Waals surface area contributed by atoms with Crippen molar-refractivity contribution in [2.24, 2.45) is 5.10 Å². The second-order valence-electron chi connectivity index (χ2n) is 8.04. The molecule has 0 saturated carbocycles. The number of para-hydroxylation sites is 1. The summed E-state index contributed by atoms with van der Waals surface area (Å²) in [7, 11) is 1.99. The van der Waals surface area contributed by atoms with Crippen molar-refractivity contribution in [3.8, 4) is 11.3 Å². The van der Waals surface area contributed by atoms with Gasteiger partial charge in [-0.1, -0.05) is 31.7 Å². The average molecular weight is 419 g/mol. The van der Waals surface area contributed by atoms with Gasteiger partial charge in [-0.05, 0) is 49.2 Å². The Balaban J connectivity index is 1.69. The number of nitrogens with zero attached hydrogens (tertiary/aromatic N) is 4. The van der Waals surface area contributed by atoms with Crippen LogP contribution in [0.1, 0.15) is 23.6 Å². The van der Waals surface area contributed by atoms with Gasteiger partial charge in [0.15, 0.2) is 0 Å². The SMILES string of the molecule is C=C1C=c2[nH]nc(-c3ccc4c(c3F)CN(C)CC4)c2=NN1c1c(F)cccc1CC. The van der Waals surface area contributed by atoms with Crippen LogP contribution < -0.4 is 15.7 Å². The van der Waals surface area contributed by atoms with Gasteiger partial charge in [0.05, 0.1) is 11.0 Å². The number of halogens is 2. The summed E-state index contributed by atoms with van der Waals surface area (Å²) < 4.78 is 30.3. The minimum atomic E-state index is -0.380. The molecular weight excluding hydrogens is 396 g/mol. The molecule has 31 heavy (non-hydrogen) atoms. The predicted octanol–water partition coefficient (Wildman–Crippen LogP) is 3.25. The highest BCUT2D eigenvalue weighted by Gasteiger charge is 2.24. The number of hydrogen-bond donors (Lipinski definition) is 1. The first kappa shape index (κ1) is 19.6. The molecule has 2 aliphatic heterocycles. The number of allylic oxidation sites excluding steroid dienone is 1. The number of nitrogens with one attached hydrogen (secondary N) is 1. The molecule has 0 unspecified atom stereocenters. The van der Waals surface area contributed by atoms with Crippen LogP contribution in [0.25, 0.3) is 17.3 Å². The standard InChI is InChI=1S/C24H23F2N5/c1-4-15-6-5-7-19(25)24(15)31-14(2)12-20-23(29-31)22(28-27-20)17-9-8-16-10-11-30(3)13-18(16)21(17)26/h5-9,12,27H,2,4,10-11,13H2,1,3H3. The first-order chi connectivity index (χ1) is 15.0. The molecule has 3 heterocycles. The zero-order valence-corrected chi connectivity index (χ0v) is 17.5. The average Bonchev–Trinajstić information content (AvgIpc) is 3.16. The Hall–Kier alpha value is -3.32. The van der Waals surface area contributed by atoms with E-state index in [4.69, 9.17) is 0 Å². The number of H-pyrrole nitrogens is 1. The van der Waals surface area contributed by atoms with Gasteiger partial charge in [-0.2, -0.15) is 10.2 Å². The van der Waals surface area contributed by atoms with Gasteiger partial charge in [0.1, 0.15) is 28.4 Å². The van der Waals surface area contributed by atoms with Crippen LogP contribution in [0.15, 0.2) is 47.7 Å². The van der Waals surface area contributed by atoms with Crippen LogP contribution in [0, 0.1) is 11.6 Å². The first-order valence-corrected chi connectivity index (χ1v) is 10.4. The lowest BCUT2D eigenvalue weighted by atomic mass is 9.95. The van der Waals surface area contributed by atoms with Crippen LogP contribution >= 0.6 is 0 Å². The highest BCUT2D eigenvalue weighted by Crippen LogP contribution is 2.30. The van der Waals surface area contributed by atoms with E-state index in [9.17, 15) is 4.39 Å². The number of rotatable bonds is 3. The smallest absolute Gasteiger partial charge is 0.149 e. The molecule has 2 aliphatic rings. The van der Waals surface area contributed by atoms with E-state index in [1.807, 2.05) is 26.1 Å². The number of benzene rings is 2. The molecule has 7 heteroatoms. The fraction of sp³-hybridized carbons (Fsp3) is 0.250. The molecule has 3 aromatic rings. The molecule has 0 radical (unpaired) electrons. The first-order valence-electron chi connectivity index (χ1n) is 10.4. The molecule has 5 nitrogen and oxygen atoms in total. The second-order valence-corrected chi connectivity index (χ2v) is 8.04. The number of hydrogen-bond acceptors (Lipinski definition) is 4. The molecule has 1 aromatic heterocycles. The number of aromatic amines is 1. The quantitative estimate of drug-likeness (QED) is 0.709. The molecule has 1 N–H and O–H groups in total. The Labute approximate surface area is 179 Å². The van der Waals surface area contributed by atoms with Crippen molar-refractivity contribution in [1.29, 1.82) is 0 Å². The fourth-order valence-corrected chi connectivity index (χ4v) is 4.32. The molecule has 5 rings (SSSR count). The zero-order valence-electron chi connectivity index (χ0n) is 17.5. The highest BCUT2D eigenvalue weighted by molar-refractivity contribution is 5.68. The Morgan fingerprint density at radius 3 is 2.84 bits per heavy atom. The summed E-state index contributed by atoms with van der Waals surface area (Å²) in [6, 6.07) is 8.69. The molecule has 0 atom stereocenters. The maximum atomic E-state index is 15.5. The molecule has 0 amide bonds. The summed E-state index contributed by atoms with van der Waals surface area (Å²) in [4.78, 5) is 2.10. The third kappa shape index (κ3) is 3.16. The van der Waals surface area contributed by atoms with Gasteiger partial charge < -0.3 is 4.90 Å². The summed E-state index contributed by atoms with van der Waals surface area (Å²) in [6.07, 6.45) is 3.22. The van der Waals surface area contributed by atoms with Gasteiger partial charge in [-0.3, -0.25) is 5.10 Å². The summed E-state index contributed by atoms with van der Waals surface area (Å²) >= 11 is 0. The third-order valence-corrected chi connectivity index (χ3v) is 6.00. The van der Waals surface area contributed by atoms with Gasteiger partial charge in [-0.25, -0.2) is 13.8 Å². The lowest BCUT2D eigenvalue weighted by molar-refractivity contribution is 0.306.